The first kappa shape index (κ1) is 63.6. The Bertz CT molecular complexity index is 2020. The summed E-state index contributed by atoms with van der Waals surface area (Å²) < 4.78 is 36.3. The molecule has 15 atom stereocenters. The third-order valence-electron chi connectivity index (χ3n) is 15.9. The first-order chi connectivity index (χ1) is 35.6. The van der Waals surface area contributed by atoms with E-state index < -0.39 is 77.8 Å². The Labute approximate surface area is 446 Å². The number of nitrogens with zero attached hydrogens (tertiary/aromatic N) is 2. The molecule has 1 aliphatic carbocycles. The van der Waals surface area contributed by atoms with Gasteiger partial charge in [-0.3, -0.25) is 24.0 Å². The molecule has 0 aromatic rings. The molecule has 75 heavy (non-hydrogen) atoms. The van der Waals surface area contributed by atoms with Gasteiger partial charge in [0, 0.05) is 78.5 Å². The highest BCUT2D eigenvalue weighted by molar-refractivity contribution is 6.39. The van der Waals surface area contributed by atoms with Gasteiger partial charge < -0.3 is 53.5 Å². The second kappa shape index (κ2) is 30.9. The summed E-state index contributed by atoms with van der Waals surface area (Å²) >= 11 is 0. The summed E-state index contributed by atoms with van der Waals surface area (Å²) in [6, 6.07) is -1.18. The molecule has 2 bridgehead atoms. The summed E-state index contributed by atoms with van der Waals surface area (Å²) in [4.78, 5) is 86.7. The fourth-order valence-corrected chi connectivity index (χ4v) is 11.1. The number of cyclic esters (lactones) is 1. The van der Waals surface area contributed by atoms with Gasteiger partial charge in [-0.05, 0) is 113 Å². The summed E-state index contributed by atoms with van der Waals surface area (Å²) in [5.74, 6) is -8.34. The third-order valence-corrected chi connectivity index (χ3v) is 15.9. The zero-order chi connectivity index (χ0) is 55.6. The minimum absolute atomic E-state index is 0.0219. The van der Waals surface area contributed by atoms with Crippen molar-refractivity contribution in [1.29, 1.82) is 0 Å². The second-order valence-electron chi connectivity index (χ2n) is 22.2. The number of amides is 2. The van der Waals surface area contributed by atoms with E-state index in [1.165, 1.54) is 16.9 Å². The molecule has 4 rings (SSSR count). The maximum atomic E-state index is 14.6. The van der Waals surface area contributed by atoms with Crippen molar-refractivity contribution in [1.82, 2.24) is 9.80 Å². The number of esters is 1. The Morgan fingerprint density at radius 1 is 0.880 bits per heavy atom. The molecule has 17 nitrogen and oxygen atoms in total. The minimum Gasteiger partial charge on any atom is -0.460 e. The molecule has 0 spiro atoms. The maximum Gasteiger partial charge on any atom is 0.329 e. The molecule has 1 saturated carbocycles. The van der Waals surface area contributed by atoms with Crippen molar-refractivity contribution in [3.63, 3.8) is 0 Å². The van der Waals surface area contributed by atoms with Crippen molar-refractivity contribution in [2.75, 3.05) is 54.7 Å². The predicted molar refractivity (Wildman–Crippen MR) is 283 cm³/mol. The summed E-state index contributed by atoms with van der Waals surface area (Å²) in [6.45, 7) is 13.0. The number of piperidine rings is 1. The van der Waals surface area contributed by atoms with E-state index in [9.17, 15) is 44.1 Å². The molecule has 0 aromatic carbocycles. The van der Waals surface area contributed by atoms with Crippen molar-refractivity contribution < 1.29 is 72.5 Å². The van der Waals surface area contributed by atoms with E-state index >= 15 is 0 Å². The zero-order valence-corrected chi connectivity index (χ0v) is 46.9. The van der Waals surface area contributed by atoms with E-state index in [2.05, 4.69) is 0 Å². The summed E-state index contributed by atoms with van der Waals surface area (Å²) in [5.41, 5.74) is 1.20. The number of carbonyl (C=O) groups is 6. The van der Waals surface area contributed by atoms with Crippen LogP contribution in [0.25, 0.3) is 0 Å². The molecule has 2 amide bonds. The number of carbonyl (C=O) groups excluding carboxylic acids is 6. The molecule has 3 N–H and O–H groups in total. The first-order valence-corrected chi connectivity index (χ1v) is 27.6. The van der Waals surface area contributed by atoms with Crippen LogP contribution in [0.15, 0.2) is 47.6 Å². The molecule has 3 unspecified atom stereocenters. The molecule has 0 aromatic heterocycles. The zero-order valence-electron chi connectivity index (χ0n) is 46.9. The van der Waals surface area contributed by atoms with Gasteiger partial charge in [-0.1, -0.05) is 71.1 Å². The standard InChI is InChI=1S/C58H92N2O15/c1-36-18-13-12-14-19-37(2)48(72-28-17-21-51(63)59(8)9)34-44-24-22-42(7)58(69,75-44)55(66)56(67)60-26-16-15-20-45(60)57(68)74-49(39(4)32-43-23-25-47(73-29-27-61)50(33-43)70-10)35-46(62)38(3)31-41(6)53(65)54(71-11)52(64)40(5)30-36/h12-14,18-19,31,36,38-40,42-45,47-50,53-54,61,65,69H,15-17,20-30,32-35H2,1-11H3/b14-12+,18-13+,37-19+,41-31+/t36-,38-,39-,40-,42-,43?,44+,45+,47-,48?,49?,50-,53-,54+,58-/m1/s1. The lowest BCUT2D eigenvalue weighted by Crippen LogP contribution is -2.61. The Morgan fingerprint density at radius 2 is 1.61 bits per heavy atom. The quantitative estimate of drug-likeness (QED) is 0.0782. The lowest BCUT2D eigenvalue weighted by Gasteiger charge is -2.43. The Morgan fingerprint density at radius 3 is 2.29 bits per heavy atom. The van der Waals surface area contributed by atoms with Gasteiger partial charge in [0.05, 0.1) is 37.6 Å². The molecule has 424 valence electrons. The Hall–Kier alpha value is -3.94. The van der Waals surface area contributed by atoms with Gasteiger partial charge in [0.15, 0.2) is 5.78 Å². The van der Waals surface area contributed by atoms with Crippen LogP contribution >= 0.6 is 0 Å². The molecular weight excluding hydrogens is 965 g/mol. The van der Waals surface area contributed by atoms with Gasteiger partial charge in [-0.25, -0.2) is 4.79 Å². The fraction of sp³-hybridized carbons (Fsp3) is 0.759. The lowest BCUT2D eigenvalue weighted by atomic mass is 9.78. The second-order valence-corrected chi connectivity index (χ2v) is 22.2. The van der Waals surface area contributed by atoms with Gasteiger partial charge in [0.25, 0.3) is 11.7 Å². The van der Waals surface area contributed by atoms with E-state index in [0.29, 0.717) is 63.4 Å². The third kappa shape index (κ3) is 18.3. The molecule has 4 aliphatic rings. The van der Waals surface area contributed by atoms with Crippen LogP contribution in [0.5, 0.6) is 0 Å². The van der Waals surface area contributed by atoms with Gasteiger partial charge in [-0.15, -0.1) is 0 Å². The van der Waals surface area contributed by atoms with Gasteiger partial charge in [0.2, 0.25) is 11.7 Å². The van der Waals surface area contributed by atoms with Crippen molar-refractivity contribution >= 4 is 35.1 Å². The van der Waals surface area contributed by atoms with Crippen molar-refractivity contribution in [2.45, 2.75) is 193 Å². The molecular formula is C58H92N2O15. The fourth-order valence-electron chi connectivity index (χ4n) is 11.1. The van der Waals surface area contributed by atoms with Crippen LogP contribution in [0.2, 0.25) is 0 Å². The number of aliphatic hydroxyl groups is 3. The monoisotopic (exact) mass is 1060 g/mol. The van der Waals surface area contributed by atoms with Crippen molar-refractivity contribution in [3.8, 4) is 0 Å². The van der Waals surface area contributed by atoms with Gasteiger partial charge in [0.1, 0.15) is 30.1 Å². The van der Waals surface area contributed by atoms with Crippen LogP contribution in [0.4, 0.5) is 0 Å². The molecule has 0 radical (unpaired) electrons. The molecule has 3 fully saturated rings. The number of aliphatic hydroxyl groups excluding tert-OH is 2. The summed E-state index contributed by atoms with van der Waals surface area (Å²) in [6.07, 6.45) is 12.0. The number of rotatable bonds is 13. The number of ketones is 3. The number of allylic oxidation sites excluding steroid dienone is 6. The largest absolute Gasteiger partial charge is 0.460 e. The number of hydrogen-bond donors (Lipinski definition) is 3. The topological polar surface area (TPSA) is 225 Å². The Balaban J connectivity index is 1.71. The van der Waals surface area contributed by atoms with Gasteiger partial charge in [-0.2, -0.15) is 0 Å². The number of ether oxygens (including phenoxy) is 6. The van der Waals surface area contributed by atoms with Crippen LogP contribution in [0.1, 0.15) is 138 Å². The number of methoxy groups -OCH3 is 2. The maximum absolute atomic E-state index is 14.6. The van der Waals surface area contributed by atoms with Crippen LogP contribution < -0.4 is 0 Å². The van der Waals surface area contributed by atoms with Crippen LogP contribution in [0, 0.1) is 35.5 Å². The first-order valence-electron chi connectivity index (χ1n) is 27.6. The van der Waals surface area contributed by atoms with Gasteiger partial charge >= 0.3 is 5.97 Å². The SMILES string of the molecule is CO[C@@H]1CC(C[C@@H](C)C2CC(=O)[C@H](C)/C=C(\C)[C@@H](O)[C@@H](OC)C(=O)[C@H](C)C[C@H](C)/C=C/C=C/C=C(\C)C(OCCCC(=O)N(C)C)C[C@@H]3CC[C@@H](C)[C@@](O)(O3)C(=O)C(=O)N3CCCC[C@H]3C(=O)O2)CC[C@H]1OCCO. The van der Waals surface area contributed by atoms with Crippen LogP contribution in [-0.2, 0) is 57.2 Å². The number of fused-ring (bicyclic) bond motifs is 3. The lowest BCUT2D eigenvalue weighted by molar-refractivity contribution is -0.266. The molecule has 3 aliphatic heterocycles. The van der Waals surface area contributed by atoms with Crippen LogP contribution in [-0.4, -0.2) is 169 Å². The number of Topliss-reactive ketones (excluding diaryl/α,β-unsaturated/α-hetero) is 3. The minimum atomic E-state index is -2.50. The van der Waals surface area contributed by atoms with E-state index in [-0.39, 0.29) is 99.5 Å². The molecule has 2 saturated heterocycles. The summed E-state index contributed by atoms with van der Waals surface area (Å²) in [5, 5.41) is 33.1. The molecule has 3 heterocycles. The highest BCUT2D eigenvalue weighted by Crippen LogP contribution is 2.38. The van der Waals surface area contributed by atoms with Crippen molar-refractivity contribution in [2.24, 2.45) is 35.5 Å². The van der Waals surface area contributed by atoms with E-state index in [4.69, 9.17) is 28.4 Å². The Kier molecular flexibility index (Phi) is 26.2. The average molecular weight is 1060 g/mol. The predicted octanol–water partition coefficient (Wildman–Crippen LogP) is 6.44. The smallest absolute Gasteiger partial charge is 0.329 e. The highest BCUT2D eigenvalue weighted by atomic mass is 16.6. The number of hydrogen-bond acceptors (Lipinski definition) is 15. The molecule has 17 heteroatoms. The average Bonchev–Trinajstić information content (AvgIpc) is 3.38. The van der Waals surface area contributed by atoms with Crippen molar-refractivity contribution in [3.05, 3.63) is 47.6 Å². The normalized spacial score (nSPS) is 36.5. The highest BCUT2D eigenvalue weighted by Gasteiger charge is 2.53. The summed E-state index contributed by atoms with van der Waals surface area (Å²) in [7, 11) is 6.39. The van der Waals surface area contributed by atoms with E-state index in [1.54, 1.807) is 55.0 Å². The van der Waals surface area contributed by atoms with E-state index in [0.717, 1.165) is 12.0 Å². The van der Waals surface area contributed by atoms with E-state index in [1.807, 2.05) is 51.2 Å². The van der Waals surface area contributed by atoms with Crippen LogP contribution in [0.3, 0.4) is 0 Å².